The van der Waals surface area contributed by atoms with Gasteiger partial charge in [0.05, 0.1) is 4.47 Å². The summed E-state index contributed by atoms with van der Waals surface area (Å²) in [7, 11) is 0. The zero-order valence-electron chi connectivity index (χ0n) is 5.91. The van der Waals surface area contributed by atoms with Crippen LogP contribution in [0.1, 0.15) is 10.4 Å². The SMILES string of the molecule is Nc1ccc(Br)c(O)c1C(=O)O. The average molecular weight is 232 g/mol. The lowest BCUT2D eigenvalue weighted by Gasteiger charge is -2.04. The molecule has 0 aliphatic carbocycles. The number of nitrogen functional groups attached to an aromatic ring is 1. The molecule has 0 aliphatic rings. The lowest BCUT2D eigenvalue weighted by atomic mass is 10.1. The number of anilines is 1. The monoisotopic (exact) mass is 231 g/mol. The first-order valence-electron chi connectivity index (χ1n) is 3.04. The van der Waals surface area contributed by atoms with Crippen LogP contribution in [0, 0.1) is 0 Å². The van der Waals surface area contributed by atoms with Crippen LogP contribution in [-0.2, 0) is 0 Å². The molecule has 12 heavy (non-hydrogen) atoms. The van der Waals surface area contributed by atoms with Crippen LogP contribution in [0.4, 0.5) is 5.69 Å². The zero-order chi connectivity index (χ0) is 9.30. The maximum Gasteiger partial charge on any atom is 0.341 e. The molecule has 0 unspecified atom stereocenters. The normalized spacial score (nSPS) is 9.75. The van der Waals surface area contributed by atoms with Crippen LogP contribution < -0.4 is 5.73 Å². The summed E-state index contributed by atoms with van der Waals surface area (Å²) in [5.74, 6) is -1.59. The highest BCUT2D eigenvalue weighted by Gasteiger charge is 2.15. The van der Waals surface area contributed by atoms with Gasteiger partial charge in [0.1, 0.15) is 11.3 Å². The summed E-state index contributed by atoms with van der Waals surface area (Å²) in [6, 6.07) is 2.89. The fourth-order valence-electron chi connectivity index (χ4n) is 0.806. The molecular formula is C7H6BrNO3. The Balaban J connectivity index is 3.43. The minimum absolute atomic E-state index is 0.0446. The number of aromatic carboxylic acids is 1. The maximum atomic E-state index is 10.5. The standard InChI is InChI=1S/C7H6BrNO3/c8-3-1-2-4(9)5(6(3)10)7(11)12/h1-2,10H,9H2,(H,11,12). The summed E-state index contributed by atoms with van der Waals surface area (Å²) in [4.78, 5) is 10.5. The Morgan fingerprint density at radius 3 is 2.50 bits per heavy atom. The van der Waals surface area contributed by atoms with Gasteiger partial charge in [-0.05, 0) is 28.1 Å². The number of hydrogen-bond donors (Lipinski definition) is 3. The zero-order valence-corrected chi connectivity index (χ0v) is 7.50. The number of nitrogens with two attached hydrogens (primary N) is 1. The van der Waals surface area contributed by atoms with Crippen molar-refractivity contribution in [1.82, 2.24) is 0 Å². The van der Waals surface area contributed by atoms with E-state index >= 15 is 0 Å². The van der Waals surface area contributed by atoms with E-state index in [1.165, 1.54) is 12.1 Å². The number of phenols is 1. The summed E-state index contributed by atoms with van der Waals surface area (Å²) in [5.41, 5.74) is 5.10. The molecule has 0 radical (unpaired) electrons. The third kappa shape index (κ3) is 1.35. The molecule has 4 nitrogen and oxygen atoms in total. The molecule has 0 saturated heterocycles. The summed E-state index contributed by atoms with van der Waals surface area (Å²) in [6.07, 6.45) is 0. The smallest absolute Gasteiger partial charge is 0.341 e. The lowest BCUT2D eigenvalue weighted by Crippen LogP contribution is -2.02. The van der Waals surface area contributed by atoms with Crippen molar-refractivity contribution in [3.8, 4) is 5.75 Å². The van der Waals surface area contributed by atoms with E-state index in [4.69, 9.17) is 10.8 Å². The van der Waals surface area contributed by atoms with Gasteiger partial charge >= 0.3 is 5.97 Å². The van der Waals surface area contributed by atoms with Gasteiger partial charge in [-0.25, -0.2) is 4.79 Å². The van der Waals surface area contributed by atoms with Gasteiger partial charge in [-0.3, -0.25) is 0 Å². The van der Waals surface area contributed by atoms with Gasteiger partial charge < -0.3 is 15.9 Å². The summed E-state index contributed by atoms with van der Waals surface area (Å²) in [5, 5.41) is 17.9. The van der Waals surface area contributed by atoms with E-state index in [-0.39, 0.29) is 17.0 Å². The van der Waals surface area contributed by atoms with Crippen LogP contribution in [0.2, 0.25) is 0 Å². The Bertz CT molecular complexity index is 338. The quantitative estimate of drug-likeness (QED) is 0.639. The topological polar surface area (TPSA) is 83.5 Å². The first-order valence-corrected chi connectivity index (χ1v) is 3.83. The maximum absolute atomic E-state index is 10.5. The van der Waals surface area contributed by atoms with E-state index in [2.05, 4.69) is 15.9 Å². The number of carbonyl (C=O) groups is 1. The predicted molar refractivity (Wildman–Crippen MR) is 47.2 cm³/mol. The van der Waals surface area contributed by atoms with Crippen LogP contribution in [0.5, 0.6) is 5.75 Å². The van der Waals surface area contributed by atoms with E-state index in [1.807, 2.05) is 0 Å². The molecular weight excluding hydrogens is 226 g/mol. The van der Waals surface area contributed by atoms with Gasteiger partial charge in [0.25, 0.3) is 0 Å². The Hall–Kier alpha value is -1.23. The average Bonchev–Trinajstić information content (AvgIpc) is 1.97. The summed E-state index contributed by atoms with van der Waals surface area (Å²) in [6.45, 7) is 0. The molecule has 0 aromatic heterocycles. The molecule has 0 spiro atoms. The fourth-order valence-corrected chi connectivity index (χ4v) is 1.14. The number of benzene rings is 1. The molecule has 64 valence electrons. The highest BCUT2D eigenvalue weighted by molar-refractivity contribution is 9.10. The Morgan fingerprint density at radius 1 is 1.50 bits per heavy atom. The molecule has 0 heterocycles. The first-order chi connectivity index (χ1) is 5.54. The van der Waals surface area contributed by atoms with E-state index < -0.39 is 5.97 Å². The Morgan fingerprint density at radius 2 is 2.08 bits per heavy atom. The van der Waals surface area contributed by atoms with Crippen LogP contribution in [0.3, 0.4) is 0 Å². The van der Waals surface area contributed by atoms with Gasteiger partial charge in [0.15, 0.2) is 0 Å². The molecule has 4 N–H and O–H groups in total. The largest absolute Gasteiger partial charge is 0.506 e. The third-order valence-corrected chi connectivity index (χ3v) is 2.01. The highest BCUT2D eigenvalue weighted by atomic mass is 79.9. The van der Waals surface area contributed by atoms with E-state index in [0.717, 1.165) is 0 Å². The van der Waals surface area contributed by atoms with Gasteiger partial charge in [-0.2, -0.15) is 0 Å². The summed E-state index contributed by atoms with van der Waals surface area (Å²) < 4.78 is 0.314. The van der Waals surface area contributed by atoms with Crippen LogP contribution >= 0.6 is 15.9 Å². The molecule has 0 saturated carbocycles. The molecule has 0 atom stereocenters. The number of halogens is 1. The molecule has 1 rings (SSSR count). The molecule has 1 aromatic rings. The van der Waals surface area contributed by atoms with Crippen molar-refractivity contribution in [2.75, 3.05) is 5.73 Å². The van der Waals surface area contributed by atoms with Crippen molar-refractivity contribution in [3.05, 3.63) is 22.2 Å². The van der Waals surface area contributed by atoms with Crippen molar-refractivity contribution in [1.29, 1.82) is 0 Å². The van der Waals surface area contributed by atoms with Crippen LogP contribution in [-0.4, -0.2) is 16.2 Å². The lowest BCUT2D eigenvalue weighted by molar-refractivity contribution is 0.0695. The van der Waals surface area contributed by atoms with Crippen molar-refractivity contribution in [2.45, 2.75) is 0 Å². The van der Waals surface area contributed by atoms with Gasteiger partial charge in [-0.1, -0.05) is 0 Å². The van der Waals surface area contributed by atoms with Crippen LogP contribution in [0.15, 0.2) is 16.6 Å². The van der Waals surface area contributed by atoms with Crippen molar-refractivity contribution in [3.63, 3.8) is 0 Å². The van der Waals surface area contributed by atoms with Crippen molar-refractivity contribution >= 4 is 27.6 Å². The molecule has 0 fully saturated rings. The number of rotatable bonds is 1. The van der Waals surface area contributed by atoms with Gasteiger partial charge in [0.2, 0.25) is 0 Å². The second-order valence-electron chi connectivity index (χ2n) is 2.17. The fraction of sp³-hybridized carbons (Fsp3) is 0. The van der Waals surface area contributed by atoms with Crippen molar-refractivity contribution in [2.24, 2.45) is 0 Å². The van der Waals surface area contributed by atoms with E-state index in [0.29, 0.717) is 4.47 Å². The summed E-state index contributed by atoms with van der Waals surface area (Å²) >= 11 is 2.98. The molecule has 1 aromatic carbocycles. The van der Waals surface area contributed by atoms with Gasteiger partial charge in [0, 0.05) is 5.69 Å². The number of carboxylic acids is 1. The van der Waals surface area contributed by atoms with Crippen LogP contribution in [0.25, 0.3) is 0 Å². The Kier molecular flexibility index (Phi) is 2.23. The minimum atomic E-state index is -1.24. The second-order valence-corrected chi connectivity index (χ2v) is 3.02. The second kappa shape index (κ2) is 3.02. The number of aromatic hydroxyl groups is 1. The molecule has 5 heteroatoms. The first kappa shape index (κ1) is 8.86. The molecule has 0 amide bonds. The number of carboxylic acid groups (broad SMARTS) is 1. The number of hydrogen-bond acceptors (Lipinski definition) is 3. The molecule has 0 bridgehead atoms. The van der Waals surface area contributed by atoms with Gasteiger partial charge in [-0.15, -0.1) is 0 Å². The predicted octanol–water partition coefficient (Wildman–Crippen LogP) is 1.44. The Labute approximate surface area is 76.8 Å². The molecule has 0 aliphatic heterocycles. The highest BCUT2D eigenvalue weighted by Crippen LogP contribution is 2.31. The third-order valence-electron chi connectivity index (χ3n) is 1.37. The van der Waals surface area contributed by atoms with Crippen molar-refractivity contribution < 1.29 is 15.0 Å². The van der Waals surface area contributed by atoms with E-state index in [9.17, 15) is 9.90 Å². The minimum Gasteiger partial charge on any atom is -0.506 e. The van der Waals surface area contributed by atoms with E-state index in [1.54, 1.807) is 0 Å².